The average molecular weight is 405 g/mol. The van der Waals surface area contributed by atoms with Crippen molar-refractivity contribution in [3.8, 4) is 11.5 Å². The molecule has 0 spiro atoms. The van der Waals surface area contributed by atoms with E-state index < -0.39 is 0 Å². The van der Waals surface area contributed by atoms with Gasteiger partial charge in [-0.2, -0.15) is 0 Å². The van der Waals surface area contributed by atoms with Crippen LogP contribution in [0.1, 0.15) is 37.6 Å². The third-order valence-corrected chi connectivity index (χ3v) is 4.18. The van der Waals surface area contributed by atoms with E-state index in [-0.39, 0.29) is 11.8 Å². The Morgan fingerprint density at radius 1 is 1.07 bits per heavy atom. The third-order valence-electron chi connectivity index (χ3n) is 3.90. The summed E-state index contributed by atoms with van der Waals surface area (Å²) in [4.78, 5) is 23.6. The number of carbonyl (C=O) groups is 2. The summed E-state index contributed by atoms with van der Waals surface area (Å²) in [7, 11) is 1.50. The normalized spacial score (nSPS) is 10.5. The molecular formula is C21H25ClN2O4. The van der Waals surface area contributed by atoms with Crippen LogP contribution in [0.25, 0.3) is 0 Å². The molecule has 0 unspecified atom stereocenters. The molecular weight excluding hydrogens is 380 g/mol. The van der Waals surface area contributed by atoms with Crippen molar-refractivity contribution < 1.29 is 19.1 Å². The topological polar surface area (TPSA) is 76.7 Å². The number of nitrogens with one attached hydrogen (secondary N) is 2. The van der Waals surface area contributed by atoms with Crippen molar-refractivity contribution in [2.75, 3.05) is 24.4 Å². The second-order valence-corrected chi connectivity index (χ2v) is 7.14. The van der Waals surface area contributed by atoms with E-state index in [1.807, 2.05) is 0 Å². The Bertz CT molecular complexity index is 835. The number of hydrogen-bond donors (Lipinski definition) is 2. The van der Waals surface area contributed by atoms with Crippen molar-refractivity contribution in [3.63, 3.8) is 0 Å². The number of methoxy groups -OCH3 is 1. The highest BCUT2D eigenvalue weighted by atomic mass is 35.5. The van der Waals surface area contributed by atoms with E-state index in [1.54, 1.807) is 36.4 Å². The minimum absolute atomic E-state index is 0.158. The molecule has 0 aromatic heterocycles. The monoisotopic (exact) mass is 404 g/mol. The lowest BCUT2D eigenvalue weighted by Crippen LogP contribution is -2.13. The first-order valence-electron chi connectivity index (χ1n) is 8.99. The maximum atomic E-state index is 12.6. The molecule has 0 heterocycles. The van der Waals surface area contributed by atoms with Gasteiger partial charge in [0, 0.05) is 23.9 Å². The first kappa shape index (κ1) is 21.6. The van der Waals surface area contributed by atoms with E-state index in [0.29, 0.717) is 46.0 Å². The number of anilines is 2. The third kappa shape index (κ3) is 6.16. The summed E-state index contributed by atoms with van der Waals surface area (Å²) in [6, 6.07) is 9.96. The molecule has 0 fully saturated rings. The van der Waals surface area contributed by atoms with Gasteiger partial charge in [-0.25, -0.2) is 0 Å². The van der Waals surface area contributed by atoms with Crippen LogP contribution in [0.2, 0.25) is 5.02 Å². The Hall–Kier alpha value is -2.73. The summed E-state index contributed by atoms with van der Waals surface area (Å²) in [6.45, 7) is 6.17. The van der Waals surface area contributed by atoms with E-state index in [9.17, 15) is 9.59 Å². The van der Waals surface area contributed by atoms with Crippen LogP contribution in [0.15, 0.2) is 36.4 Å². The largest absolute Gasteiger partial charge is 0.493 e. The molecule has 6 nitrogen and oxygen atoms in total. The molecule has 2 amide bonds. The highest BCUT2D eigenvalue weighted by Gasteiger charge is 2.16. The molecule has 150 valence electrons. The van der Waals surface area contributed by atoms with Gasteiger partial charge in [-0.15, -0.1) is 0 Å². The fourth-order valence-corrected chi connectivity index (χ4v) is 2.70. The van der Waals surface area contributed by atoms with Crippen LogP contribution in [-0.2, 0) is 4.79 Å². The van der Waals surface area contributed by atoms with Crippen LogP contribution in [-0.4, -0.2) is 25.5 Å². The van der Waals surface area contributed by atoms with Crippen molar-refractivity contribution >= 4 is 34.8 Å². The van der Waals surface area contributed by atoms with Crippen molar-refractivity contribution in [1.29, 1.82) is 0 Å². The van der Waals surface area contributed by atoms with Gasteiger partial charge >= 0.3 is 0 Å². The molecule has 7 heteroatoms. The summed E-state index contributed by atoms with van der Waals surface area (Å²) < 4.78 is 11.1. The molecule has 2 rings (SSSR count). The Morgan fingerprint density at radius 3 is 2.21 bits per heavy atom. The number of amides is 2. The number of benzene rings is 2. The first-order valence-corrected chi connectivity index (χ1v) is 9.37. The molecule has 0 aliphatic rings. The summed E-state index contributed by atoms with van der Waals surface area (Å²) in [5.74, 6) is 0.853. The van der Waals surface area contributed by atoms with E-state index in [0.717, 1.165) is 6.42 Å². The molecule has 0 saturated heterocycles. The average Bonchev–Trinajstić information content (AvgIpc) is 2.63. The number of ether oxygens (including phenoxy) is 2. The van der Waals surface area contributed by atoms with Gasteiger partial charge < -0.3 is 20.1 Å². The van der Waals surface area contributed by atoms with Gasteiger partial charge in [0.15, 0.2) is 11.5 Å². The van der Waals surface area contributed by atoms with Crippen LogP contribution in [0.3, 0.4) is 0 Å². The van der Waals surface area contributed by atoms with E-state index in [4.69, 9.17) is 21.1 Å². The highest BCUT2D eigenvalue weighted by molar-refractivity contribution is 6.32. The lowest BCUT2D eigenvalue weighted by Gasteiger charge is -2.15. The summed E-state index contributed by atoms with van der Waals surface area (Å²) >= 11 is 6.32. The Labute approximate surface area is 170 Å². The number of rotatable bonds is 8. The van der Waals surface area contributed by atoms with E-state index >= 15 is 0 Å². The van der Waals surface area contributed by atoms with Crippen LogP contribution in [0.4, 0.5) is 11.4 Å². The summed E-state index contributed by atoms with van der Waals surface area (Å²) in [6.07, 6.45) is 0.885. The van der Waals surface area contributed by atoms with Crippen molar-refractivity contribution in [3.05, 3.63) is 47.0 Å². The van der Waals surface area contributed by atoms with Gasteiger partial charge in [0.1, 0.15) is 0 Å². The molecule has 0 aliphatic carbocycles. The van der Waals surface area contributed by atoms with Gasteiger partial charge in [0.2, 0.25) is 5.91 Å². The quantitative estimate of drug-likeness (QED) is 0.650. The SMILES string of the molecule is COc1cc(C(=O)Nc2ccc(NC(C)=O)cc2)cc(Cl)c1OCCC(C)C. The zero-order chi connectivity index (χ0) is 20.7. The summed E-state index contributed by atoms with van der Waals surface area (Å²) in [5, 5.41) is 5.77. The smallest absolute Gasteiger partial charge is 0.255 e. The predicted octanol–water partition coefficient (Wildman–Crippen LogP) is 4.98. The molecule has 2 aromatic carbocycles. The van der Waals surface area contributed by atoms with Gasteiger partial charge in [-0.05, 0) is 48.7 Å². The highest BCUT2D eigenvalue weighted by Crippen LogP contribution is 2.37. The van der Waals surface area contributed by atoms with E-state index in [2.05, 4.69) is 24.5 Å². The van der Waals surface area contributed by atoms with Crippen LogP contribution >= 0.6 is 11.6 Å². The molecule has 2 N–H and O–H groups in total. The lowest BCUT2D eigenvalue weighted by atomic mass is 10.1. The standard InChI is InChI=1S/C21H25ClN2O4/c1-13(2)9-10-28-20-18(22)11-15(12-19(20)27-4)21(26)24-17-7-5-16(6-8-17)23-14(3)25/h5-8,11-13H,9-10H2,1-4H3,(H,23,25)(H,24,26). The van der Waals surface area contributed by atoms with Gasteiger partial charge in [-0.1, -0.05) is 25.4 Å². The Balaban J connectivity index is 2.12. The molecule has 0 aliphatic heterocycles. The number of hydrogen-bond acceptors (Lipinski definition) is 4. The minimum Gasteiger partial charge on any atom is -0.493 e. The zero-order valence-corrected chi connectivity index (χ0v) is 17.2. The van der Waals surface area contributed by atoms with Gasteiger partial charge in [0.05, 0.1) is 18.7 Å². The first-order chi connectivity index (χ1) is 13.3. The molecule has 0 atom stereocenters. The fourth-order valence-electron chi connectivity index (χ4n) is 2.43. The van der Waals surface area contributed by atoms with Gasteiger partial charge in [0.25, 0.3) is 5.91 Å². The van der Waals surface area contributed by atoms with Crippen LogP contribution in [0, 0.1) is 5.92 Å². The second-order valence-electron chi connectivity index (χ2n) is 6.73. The molecule has 28 heavy (non-hydrogen) atoms. The fraction of sp³-hybridized carbons (Fsp3) is 0.333. The van der Waals surface area contributed by atoms with Crippen LogP contribution < -0.4 is 20.1 Å². The minimum atomic E-state index is -0.332. The van der Waals surface area contributed by atoms with Crippen molar-refractivity contribution in [2.24, 2.45) is 5.92 Å². The Morgan fingerprint density at radius 2 is 1.68 bits per heavy atom. The number of carbonyl (C=O) groups excluding carboxylic acids is 2. The molecule has 0 radical (unpaired) electrons. The van der Waals surface area contributed by atoms with Gasteiger partial charge in [-0.3, -0.25) is 9.59 Å². The zero-order valence-electron chi connectivity index (χ0n) is 16.5. The van der Waals surface area contributed by atoms with E-state index in [1.165, 1.54) is 14.0 Å². The van der Waals surface area contributed by atoms with Crippen molar-refractivity contribution in [2.45, 2.75) is 27.2 Å². The lowest BCUT2D eigenvalue weighted by molar-refractivity contribution is -0.114. The number of halogens is 1. The van der Waals surface area contributed by atoms with Crippen molar-refractivity contribution in [1.82, 2.24) is 0 Å². The summed E-state index contributed by atoms with van der Waals surface area (Å²) in [5.41, 5.74) is 1.59. The van der Waals surface area contributed by atoms with Crippen LogP contribution in [0.5, 0.6) is 11.5 Å². The molecule has 0 bridgehead atoms. The molecule has 0 saturated carbocycles. The second kappa shape index (κ2) is 9.99. The Kier molecular flexibility index (Phi) is 7.70. The maximum Gasteiger partial charge on any atom is 0.255 e. The maximum absolute atomic E-state index is 12.6. The molecule has 2 aromatic rings. The predicted molar refractivity (Wildman–Crippen MR) is 112 cm³/mol.